The lowest BCUT2D eigenvalue weighted by molar-refractivity contribution is -0.130. The molecule has 0 saturated heterocycles. The number of thiophene rings is 1. The largest absolute Gasteiger partial charge is 0.494 e. The molecule has 2 aromatic carbocycles. The van der Waals surface area contributed by atoms with Crippen LogP contribution in [0.1, 0.15) is 51.8 Å². The molecule has 1 N–H and O–H groups in total. The normalized spacial score (nSPS) is 14.5. The van der Waals surface area contributed by atoms with E-state index in [2.05, 4.69) is 39.8 Å². The number of hydrogen-bond acceptors (Lipinski definition) is 9. The summed E-state index contributed by atoms with van der Waals surface area (Å²) in [5.74, 6) is 1.03. The highest BCUT2D eigenvalue weighted by molar-refractivity contribution is 7.99. The zero-order chi connectivity index (χ0) is 30.5. The Morgan fingerprint density at radius 2 is 1.89 bits per heavy atom. The van der Waals surface area contributed by atoms with Crippen molar-refractivity contribution >= 4 is 40.6 Å². The third-order valence-electron chi connectivity index (χ3n) is 7.02. The molecular weight excluding hydrogens is 597 g/mol. The van der Waals surface area contributed by atoms with E-state index < -0.39 is 0 Å². The summed E-state index contributed by atoms with van der Waals surface area (Å²) in [6.45, 7) is 4.62. The molecule has 5 aromatic rings. The van der Waals surface area contributed by atoms with Gasteiger partial charge in [-0.3, -0.25) is 14.2 Å². The third kappa shape index (κ3) is 6.46. The van der Waals surface area contributed by atoms with Crippen LogP contribution in [0.2, 0.25) is 0 Å². The molecule has 4 heterocycles. The zero-order valence-corrected chi connectivity index (χ0v) is 25.8. The van der Waals surface area contributed by atoms with E-state index in [0.717, 1.165) is 33.2 Å². The molecule has 0 fully saturated rings. The Morgan fingerprint density at radius 3 is 2.59 bits per heavy atom. The second-order valence-electron chi connectivity index (χ2n) is 10.0. The molecule has 0 unspecified atom stereocenters. The van der Waals surface area contributed by atoms with Gasteiger partial charge in [-0.05, 0) is 67.3 Å². The van der Waals surface area contributed by atoms with Crippen LogP contribution in [0.25, 0.3) is 5.69 Å². The van der Waals surface area contributed by atoms with Crippen LogP contribution in [0.5, 0.6) is 5.75 Å². The van der Waals surface area contributed by atoms with Crippen LogP contribution in [0.4, 0.5) is 0 Å². The maximum Gasteiger partial charge on any atom is 0.287 e. The standard InChI is InChI=1S/C32H30N6O4S2/c1-3-41-24-14-12-23(13-15-24)37-29(19-33-31(40)27-6-4-16-42-27)34-35-32(37)44-20-30(39)38-26(22-10-8-21(2)9-11-22)18-25(36-38)28-7-5-17-43-28/h4-17,26H,3,18-20H2,1-2H3,(H,33,40)/t26-/m1/s1. The maximum atomic E-state index is 13.8. The predicted octanol–water partition coefficient (Wildman–Crippen LogP) is 6.03. The average molecular weight is 627 g/mol. The van der Waals surface area contributed by atoms with Crippen molar-refractivity contribution in [3.63, 3.8) is 0 Å². The number of aromatic nitrogens is 3. The number of benzene rings is 2. The van der Waals surface area contributed by atoms with Gasteiger partial charge in [-0.25, -0.2) is 5.01 Å². The van der Waals surface area contributed by atoms with Gasteiger partial charge in [0.2, 0.25) is 0 Å². The van der Waals surface area contributed by atoms with Gasteiger partial charge >= 0.3 is 0 Å². The van der Waals surface area contributed by atoms with E-state index >= 15 is 0 Å². The van der Waals surface area contributed by atoms with Gasteiger partial charge in [0.25, 0.3) is 11.8 Å². The van der Waals surface area contributed by atoms with Gasteiger partial charge in [0, 0.05) is 12.1 Å². The van der Waals surface area contributed by atoms with Crippen molar-refractivity contribution in [1.82, 2.24) is 25.1 Å². The number of thioether (sulfide) groups is 1. The highest BCUT2D eigenvalue weighted by atomic mass is 32.2. The molecule has 12 heteroatoms. The van der Waals surface area contributed by atoms with Crippen molar-refractivity contribution < 1.29 is 18.7 Å². The van der Waals surface area contributed by atoms with Gasteiger partial charge in [0.1, 0.15) is 5.75 Å². The highest BCUT2D eigenvalue weighted by Gasteiger charge is 2.33. The first-order valence-corrected chi connectivity index (χ1v) is 16.0. The molecule has 0 saturated carbocycles. The first kappa shape index (κ1) is 29.4. The third-order valence-corrected chi connectivity index (χ3v) is 8.85. The fourth-order valence-electron chi connectivity index (χ4n) is 4.85. The minimum atomic E-state index is -0.365. The van der Waals surface area contributed by atoms with Crippen molar-refractivity contribution in [2.45, 2.75) is 38.0 Å². The van der Waals surface area contributed by atoms with Crippen LogP contribution in [0.3, 0.4) is 0 Å². The molecule has 1 aliphatic rings. The molecule has 0 radical (unpaired) electrons. The Labute approximate surface area is 262 Å². The highest BCUT2D eigenvalue weighted by Crippen LogP contribution is 2.35. The van der Waals surface area contributed by atoms with E-state index in [-0.39, 0.29) is 35.9 Å². The summed E-state index contributed by atoms with van der Waals surface area (Å²) in [6.07, 6.45) is 2.09. The number of hydrogen-bond donors (Lipinski definition) is 1. The van der Waals surface area contributed by atoms with Gasteiger partial charge in [-0.15, -0.1) is 21.5 Å². The zero-order valence-electron chi connectivity index (χ0n) is 24.2. The first-order valence-electron chi connectivity index (χ1n) is 14.1. The van der Waals surface area contributed by atoms with Crippen molar-refractivity contribution in [1.29, 1.82) is 0 Å². The Hall–Kier alpha value is -4.68. The fraction of sp³-hybridized carbons (Fsp3) is 0.219. The molecular formula is C32H30N6O4S2. The number of carbonyl (C=O) groups is 2. The predicted molar refractivity (Wildman–Crippen MR) is 169 cm³/mol. The van der Waals surface area contributed by atoms with E-state index in [1.54, 1.807) is 28.5 Å². The van der Waals surface area contributed by atoms with E-state index in [9.17, 15) is 9.59 Å². The van der Waals surface area contributed by atoms with E-state index in [1.165, 1.54) is 18.0 Å². The second-order valence-corrected chi connectivity index (χ2v) is 11.9. The number of amides is 2. The molecule has 6 rings (SSSR count). The molecule has 0 aliphatic carbocycles. The van der Waals surface area contributed by atoms with Gasteiger partial charge in [-0.2, -0.15) is 5.10 Å². The fourth-order valence-corrected chi connectivity index (χ4v) is 6.40. The summed E-state index contributed by atoms with van der Waals surface area (Å²) in [7, 11) is 0. The lowest BCUT2D eigenvalue weighted by Crippen LogP contribution is -2.28. The molecule has 0 bridgehead atoms. The van der Waals surface area contributed by atoms with Crippen LogP contribution in [-0.2, 0) is 11.3 Å². The first-order chi connectivity index (χ1) is 21.5. The smallest absolute Gasteiger partial charge is 0.287 e. The molecule has 1 atom stereocenters. The lowest BCUT2D eigenvalue weighted by atomic mass is 10.00. The van der Waals surface area contributed by atoms with Crippen molar-refractivity contribution in [3.05, 3.63) is 112 Å². The Bertz CT molecular complexity index is 1750. The Balaban J connectivity index is 1.24. The van der Waals surface area contributed by atoms with Crippen molar-refractivity contribution in [2.24, 2.45) is 5.10 Å². The van der Waals surface area contributed by atoms with Crippen LogP contribution in [0.15, 0.2) is 99.1 Å². The van der Waals surface area contributed by atoms with E-state index in [1.807, 2.05) is 60.2 Å². The minimum absolute atomic E-state index is 0.0947. The van der Waals surface area contributed by atoms with Gasteiger partial charge < -0.3 is 14.5 Å². The van der Waals surface area contributed by atoms with Gasteiger partial charge in [0.05, 0.1) is 41.8 Å². The molecule has 224 valence electrons. The average Bonchev–Trinajstić information content (AvgIpc) is 3.86. The number of hydrazone groups is 1. The number of aryl methyl sites for hydroxylation is 1. The number of furan rings is 1. The van der Waals surface area contributed by atoms with Gasteiger partial charge in [-0.1, -0.05) is 47.7 Å². The van der Waals surface area contributed by atoms with Crippen molar-refractivity contribution in [3.8, 4) is 11.4 Å². The molecule has 0 spiro atoms. The van der Waals surface area contributed by atoms with Crippen molar-refractivity contribution in [2.75, 3.05) is 12.4 Å². The molecule has 44 heavy (non-hydrogen) atoms. The Morgan fingerprint density at radius 1 is 1.07 bits per heavy atom. The van der Waals surface area contributed by atoms with Crippen LogP contribution < -0.4 is 10.1 Å². The number of rotatable bonds is 11. The van der Waals surface area contributed by atoms with Gasteiger partial charge in [0.15, 0.2) is 16.7 Å². The van der Waals surface area contributed by atoms with E-state index in [0.29, 0.717) is 24.0 Å². The molecule has 10 nitrogen and oxygen atoms in total. The SMILES string of the molecule is CCOc1ccc(-n2c(CNC(=O)c3ccco3)nnc2SCC(=O)N2N=C(c3cccs3)C[C@@H]2c2ccc(C)cc2)cc1. The number of nitrogens with zero attached hydrogens (tertiary/aromatic N) is 5. The summed E-state index contributed by atoms with van der Waals surface area (Å²) in [4.78, 5) is 27.4. The topological polar surface area (TPSA) is 115 Å². The van der Waals surface area contributed by atoms with Crippen LogP contribution >= 0.6 is 23.1 Å². The molecule has 2 amide bonds. The molecule has 1 aliphatic heterocycles. The summed E-state index contributed by atoms with van der Waals surface area (Å²) in [6, 6.07) is 22.8. The van der Waals surface area contributed by atoms with Crippen LogP contribution in [0, 0.1) is 6.92 Å². The molecule has 3 aromatic heterocycles. The second kappa shape index (κ2) is 13.3. The summed E-state index contributed by atoms with van der Waals surface area (Å²) in [5.41, 5.74) is 3.86. The monoisotopic (exact) mass is 626 g/mol. The maximum absolute atomic E-state index is 13.8. The number of nitrogens with one attached hydrogen (secondary N) is 1. The lowest BCUT2D eigenvalue weighted by Gasteiger charge is -2.22. The Kier molecular flexibility index (Phi) is 8.89. The quantitative estimate of drug-likeness (QED) is 0.178. The number of carbonyl (C=O) groups excluding carboxylic acids is 2. The summed E-state index contributed by atoms with van der Waals surface area (Å²) < 4.78 is 12.6. The number of ether oxygens (including phenoxy) is 1. The summed E-state index contributed by atoms with van der Waals surface area (Å²) in [5, 5.41) is 20.5. The van der Waals surface area contributed by atoms with E-state index in [4.69, 9.17) is 14.3 Å². The summed E-state index contributed by atoms with van der Waals surface area (Å²) >= 11 is 2.89. The van der Waals surface area contributed by atoms with Crippen LogP contribution in [-0.4, -0.2) is 49.7 Å². The minimum Gasteiger partial charge on any atom is -0.494 e.